The Balaban J connectivity index is 1.88. The van der Waals surface area contributed by atoms with Gasteiger partial charge in [-0.25, -0.2) is 0 Å². The predicted molar refractivity (Wildman–Crippen MR) is 85.4 cm³/mol. The molecule has 120 valence electrons. The van der Waals surface area contributed by atoms with E-state index in [9.17, 15) is 9.59 Å². The summed E-state index contributed by atoms with van der Waals surface area (Å²) in [5.74, 6) is 0.482. The minimum atomic E-state index is -0.175. The van der Waals surface area contributed by atoms with Gasteiger partial charge in [-0.3, -0.25) is 9.59 Å². The number of amides is 2. The molecule has 0 saturated carbocycles. The summed E-state index contributed by atoms with van der Waals surface area (Å²) in [4.78, 5) is 27.1. The van der Waals surface area contributed by atoms with E-state index < -0.39 is 0 Å². The van der Waals surface area contributed by atoms with E-state index in [1.807, 2.05) is 30.3 Å². The van der Waals surface area contributed by atoms with Crippen LogP contribution in [0.1, 0.15) is 12.0 Å². The van der Waals surface area contributed by atoms with Gasteiger partial charge < -0.3 is 14.5 Å². The van der Waals surface area contributed by atoms with Gasteiger partial charge in [-0.15, -0.1) is 0 Å². The molecular weight excluding hydrogens is 294 g/mol. The van der Waals surface area contributed by atoms with Gasteiger partial charge in [-0.05, 0) is 23.8 Å². The average molecular weight is 313 g/mol. The molecule has 1 fully saturated rings. The van der Waals surface area contributed by atoms with Crippen molar-refractivity contribution in [2.24, 2.45) is 0 Å². The van der Waals surface area contributed by atoms with Crippen LogP contribution >= 0.6 is 0 Å². The largest absolute Gasteiger partial charge is 0.497 e. The maximum atomic E-state index is 12.2. The van der Waals surface area contributed by atoms with Crippen LogP contribution in [0.15, 0.2) is 30.3 Å². The first-order valence-corrected chi connectivity index (χ1v) is 7.40. The third-order valence-electron chi connectivity index (χ3n) is 3.69. The predicted octanol–water partition coefficient (Wildman–Crippen LogP) is 1.29. The number of benzene rings is 1. The van der Waals surface area contributed by atoms with Crippen LogP contribution in [0.5, 0.6) is 5.75 Å². The number of carbonyl (C=O) groups excluding carboxylic acids is 2. The van der Waals surface area contributed by atoms with Crippen molar-refractivity contribution in [3.63, 3.8) is 0 Å². The van der Waals surface area contributed by atoms with Crippen LogP contribution in [-0.2, 0) is 9.59 Å². The smallest absolute Gasteiger partial charge is 0.246 e. The van der Waals surface area contributed by atoms with Crippen LogP contribution in [-0.4, -0.2) is 54.9 Å². The van der Waals surface area contributed by atoms with E-state index in [4.69, 9.17) is 10.00 Å². The zero-order chi connectivity index (χ0) is 16.7. The van der Waals surface area contributed by atoms with Crippen LogP contribution in [0.25, 0.3) is 6.08 Å². The number of rotatable bonds is 4. The number of nitrogens with zero attached hydrogens (tertiary/aromatic N) is 3. The number of nitriles is 1. The standard InChI is InChI=1S/C17H19N3O3/c1-23-15-4-2-3-14(13-15)5-6-16(21)19-9-11-20(12-10-19)17(22)7-8-18/h2-6,13H,7,9-12H2,1H3/b6-5+. The number of methoxy groups -OCH3 is 1. The topological polar surface area (TPSA) is 73.6 Å². The second-order valence-corrected chi connectivity index (χ2v) is 5.15. The van der Waals surface area contributed by atoms with E-state index in [0.29, 0.717) is 26.2 Å². The lowest BCUT2D eigenvalue weighted by atomic mass is 10.2. The Morgan fingerprint density at radius 1 is 1.26 bits per heavy atom. The normalized spacial score (nSPS) is 14.6. The van der Waals surface area contributed by atoms with Crippen molar-refractivity contribution in [3.8, 4) is 11.8 Å². The third kappa shape index (κ3) is 4.58. The molecule has 1 aliphatic heterocycles. The second kappa shape index (κ2) is 7.99. The molecule has 0 spiro atoms. The highest BCUT2D eigenvalue weighted by atomic mass is 16.5. The maximum absolute atomic E-state index is 12.2. The Hall–Kier alpha value is -2.81. The Kier molecular flexibility index (Phi) is 5.75. The number of piperazine rings is 1. The minimum Gasteiger partial charge on any atom is -0.497 e. The van der Waals surface area contributed by atoms with Crippen LogP contribution in [0, 0.1) is 11.3 Å². The van der Waals surface area contributed by atoms with E-state index in [1.54, 1.807) is 23.0 Å². The van der Waals surface area contributed by atoms with Crippen molar-refractivity contribution >= 4 is 17.9 Å². The monoisotopic (exact) mass is 313 g/mol. The second-order valence-electron chi connectivity index (χ2n) is 5.15. The first-order valence-electron chi connectivity index (χ1n) is 7.40. The van der Waals surface area contributed by atoms with Gasteiger partial charge in [0.1, 0.15) is 12.2 Å². The summed E-state index contributed by atoms with van der Waals surface area (Å²) < 4.78 is 5.14. The molecule has 6 heteroatoms. The molecule has 1 aromatic carbocycles. The van der Waals surface area contributed by atoms with E-state index in [2.05, 4.69) is 0 Å². The Morgan fingerprint density at radius 2 is 1.96 bits per heavy atom. The molecule has 0 aliphatic carbocycles. The van der Waals surface area contributed by atoms with Crippen molar-refractivity contribution in [3.05, 3.63) is 35.9 Å². The van der Waals surface area contributed by atoms with Gasteiger partial charge in [0.15, 0.2) is 0 Å². The lowest BCUT2D eigenvalue weighted by Gasteiger charge is -2.33. The van der Waals surface area contributed by atoms with Crippen molar-refractivity contribution in [2.75, 3.05) is 33.3 Å². The minimum absolute atomic E-state index is 0.0831. The van der Waals surface area contributed by atoms with E-state index in [-0.39, 0.29) is 18.2 Å². The van der Waals surface area contributed by atoms with E-state index >= 15 is 0 Å². The molecule has 1 aliphatic rings. The van der Waals surface area contributed by atoms with Gasteiger partial charge in [-0.2, -0.15) is 5.26 Å². The Morgan fingerprint density at radius 3 is 2.61 bits per heavy atom. The first kappa shape index (κ1) is 16.6. The third-order valence-corrected chi connectivity index (χ3v) is 3.69. The lowest BCUT2D eigenvalue weighted by molar-refractivity contribution is -0.136. The molecule has 0 unspecified atom stereocenters. The number of hydrogen-bond acceptors (Lipinski definition) is 4. The van der Waals surface area contributed by atoms with Gasteiger partial charge in [0.25, 0.3) is 0 Å². The van der Waals surface area contributed by atoms with Crippen LogP contribution in [0.3, 0.4) is 0 Å². The molecule has 2 amide bonds. The number of ether oxygens (including phenoxy) is 1. The molecule has 0 aromatic heterocycles. The Labute approximate surface area is 135 Å². The molecule has 1 aromatic rings. The van der Waals surface area contributed by atoms with Crippen molar-refractivity contribution in [1.29, 1.82) is 5.26 Å². The van der Waals surface area contributed by atoms with Gasteiger partial charge in [0.2, 0.25) is 11.8 Å². The van der Waals surface area contributed by atoms with E-state index in [1.165, 1.54) is 6.08 Å². The summed E-state index contributed by atoms with van der Waals surface area (Å²) in [6, 6.07) is 9.30. The average Bonchev–Trinajstić information content (AvgIpc) is 2.60. The summed E-state index contributed by atoms with van der Waals surface area (Å²) in [5.41, 5.74) is 0.889. The highest BCUT2D eigenvalue weighted by Gasteiger charge is 2.22. The van der Waals surface area contributed by atoms with Gasteiger partial charge in [0, 0.05) is 32.3 Å². The van der Waals surface area contributed by atoms with E-state index in [0.717, 1.165) is 11.3 Å². The highest BCUT2D eigenvalue weighted by Crippen LogP contribution is 2.14. The molecule has 1 saturated heterocycles. The molecule has 1 heterocycles. The van der Waals surface area contributed by atoms with Crippen molar-refractivity contribution < 1.29 is 14.3 Å². The SMILES string of the molecule is COc1cccc(/C=C/C(=O)N2CCN(C(=O)CC#N)CC2)c1. The summed E-state index contributed by atoms with van der Waals surface area (Å²) in [7, 11) is 1.60. The molecular formula is C17H19N3O3. The first-order chi connectivity index (χ1) is 11.1. The molecule has 2 rings (SSSR count). The molecule has 0 radical (unpaired) electrons. The van der Waals surface area contributed by atoms with Crippen molar-refractivity contribution in [1.82, 2.24) is 9.80 Å². The van der Waals surface area contributed by atoms with Gasteiger partial charge >= 0.3 is 0 Å². The maximum Gasteiger partial charge on any atom is 0.246 e. The van der Waals surface area contributed by atoms with Gasteiger partial charge in [0.05, 0.1) is 13.2 Å². The Bertz CT molecular complexity index is 641. The quantitative estimate of drug-likeness (QED) is 0.785. The van der Waals surface area contributed by atoms with Crippen molar-refractivity contribution in [2.45, 2.75) is 6.42 Å². The van der Waals surface area contributed by atoms with Gasteiger partial charge in [-0.1, -0.05) is 12.1 Å². The number of carbonyl (C=O) groups is 2. The zero-order valence-electron chi connectivity index (χ0n) is 13.1. The van der Waals surface area contributed by atoms with Crippen LogP contribution in [0.2, 0.25) is 0 Å². The van der Waals surface area contributed by atoms with Crippen LogP contribution in [0.4, 0.5) is 0 Å². The highest BCUT2D eigenvalue weighted by molar-refractivity contribution is 5.92. The number of hydrogen-bond donors (Lipinski definition) is 0. The molecule has 0 atom stereocenters. The molecule has 0 bridgehead atoms. The summed E-state index contributed by atoms with van der Waals surface area (Å²) >= 11 is 0. The summed E-state index contributed by atoms with van der Waals surface area (Å²) in [6.07, 6.45) is 3.17. The molecule has 23 heavy (non-hydrogen) atoms. The zero-order valence-corrected chi connectivity index (χ0v) is 13.1. The fraction of sp³-hybridized carbons (Fsp3) is 0.353. The van der Waals surface area contributed by atoms with Crippen LogP contribution < -0.4 is 4.74 Å². The fourth-order valence-electron chi connectivity index (χ4n) is 2.37. The summed E-state index contributed by atoms with van der Waals surface area (Å²) in [6.45, 7) is 1.91. The summed E-state index contributed by atoms with van der Waals surface area (Å²) in [5, 5.41) is 8.54. The molecule has 6 nitrogen and oxygen atoms in total. The lowest BCUT2D eigenvalue weighted by Crippen LogP contribution is -2.50. The molecule has 0 N–H and O–H groups in total. The fourth-order valence-corrected chi connectivity index (χ4v) is 2.37.